The van der Waals surface area contributed by atoms with Gasteiger partial charge in [0, 0.05) is 56.2 Å². The van der Waals surface area contributed by atoms with Crippen LogP contribution in [-0.4, -0.2) is 63.2 Å². The Kier molecular flexibility index (Phi) is 4.73. The Bertz CT molecular complexity index is 402. The fraction of sp³-hybridized carbons (Fsp3) is 0.692. The van der Waals surface area contributed by atoms with E-state index in [9.17, 15) is 5.11 Å². The molecule has 19 heavy (non-hydrogen) atoms. The SMILES string of the molecule is CC(C)(CO)N1CCN(Cc2cnc(Cl)nc2)CC1. The fourth-order valence-corrected chi connectivity index (χ4v) is 2.39. The average molecular weight is 285 g/mol. The predicted molar refractivity (Wildman–Crippen MR) is 75.1 cm³/mol. The minimum Gasteiger partial charge on any atom is -0.394 e. The third-order valence-electron chi connectivity index (χ3n) is 3.70. The van der Waals surface area contributed by atoms with Crippen molar-refractivity contribution in [2.45, 2.75) is 25.9 Å². The quantitative estimate of drug-likeness (QED) is 0.837. The van der Waals surface area contributed by atoms with Gasteiger partial charge < -0.3 is 5.11 Å². The van der Waals surface area contributed by atoms with Gasteiger partial charge in [-0.05, 0) is 25.4 Å². The van der Waals surface area contributed by atoms with Crippen LogP contribution >= 0.6 is 11.6 Å². The highest BCUT2D eigenvalue weighted by Crippen LogP contribution is 2.17. The molecule has 5 nitrogen and oxygen atoms in total. The minimum atomic E-state index is -0.129. The first kappa shape index (κ1) is 14.7. The fourth-order valence-electron chi connectivity index (χ4n) is 2.29. The molecule has 1 saturated heterocycles. The second-order valence-electron chi connectivity index (χ2n) is 5.59. The van der Waals surface area contributed by atoms with Gasteiger partial charge in [0.25, 0.3) is 0 Å². The topological polar surface area (TPSA) is 52.5 Å². The predicted octanol–water partition coefficient (Wildman–Crippen LogP) is 1.02. The third-order valence-corrected chi connectivity index (χ3v) is 3.89. The van der Waals surface area contributed by atoms with Crippen LogP contribution in [0.2, 0.25) is 5.28 Å². The molecule has 2 rings (SSSR count). The molecule has 1 aromatic rings. The first-order chi connectivity index (χ1) is 9.01. The number of rotatable bonds is 4. The molecule has 0 saturated carbocycles. The molecule has 0 atom stereocenters. The summed E-state index contributed by atoms with van der Waals surface area (Å²) in [4.78, 5) is 12.7. The molecule has 0 radical (unpaired) electrons. The molecule has 6 heteroatoms. The summed E-state index contributed by atoms with van der Waals surface area (Å²) >= 11 is 5.67. The van der Waals surface area contributed by atoms with Gasteiger partial charge in [-0.3, -0.25) is 9.80 Å². The number of aliphatic hydroxyl groups excluding tert-OH is 1. The van der Waals surface area contributed by atoms with Crippen LogP contribution < -0.4 is 0 Å². The third kappa shape index (κ3) is 3.86. The van der Waals surface area contributed by atoms with Crippen LogP contribution in [0, 0.1) is 0 Å². The van der Waals surface area contributed by atoms with Crippen LogP contribution in [0.15, 0.2) is 12.4 Å². The Morgan fingerprint density at radius 2 is 1.79 bits per heavy atom. The van der Waals surface area contributed by atoms with Crippen molar-refractivity contribution in [2.75, 3.05) is 32.8 Å². The molecular formula is C13H21ClN4O. The van der Waals surface area contributed by atoms with Gasteiger partial charge in [0.05, 0.1) is 6.61 Å². The van der Waals surface area contributed by atoms with Gasteiger partial charge in [-0.25, -0.2) is 9.97 Å². The van der Waals surface area contributed by atoms with Gasteiger partial charge in [-0.2, -0.15) is 0 Å². The van der Waals surface area contributed by atoms with Crippen LogP contribution in [0.5, 0.6) is 0 Å². The average Bonchev–Trinajstić information content (AvgIpc) is 2.42. The van der Waals surface area contributed by atoms with Crippen LogP contribution in [-0.2, 0) is 6.54 Å². The number of piperazine rings is 1. The van der Waals surface area contributed by atoms with Crippen molar-refractivity contribution in [1.82, 2.24) is 19.8 Å². The number of hydrogen-bond acceptors (Lipinski definition) is 5. The number of halogens is 1. The van der Waals surface area contributed by atoms with E-state index in [4.69, 9.17) is 11.6 Å². The van der Waals surface area contributed by atoms with Crippen LogP contribution in [0.1, 0.15) is 19.4 Å². The van der Waals surface area contributed by atoms with Gasteiger partial charge in [0.2, 0.25) is 5.28 Å². The van der Waals surface area contributed by atoms with Crippen molar-refractivity contribution >= 4 is 11.6 Å². The lowest BCUT2D eigenvalue weighted by molar-refractivity contribution is 0.0148. The lowest BCUT2D eigenvalue weighted by atomic mass is 10.0. The van der Waals surface area contributed by atoms with Crippen LogP contribution in [0.4, 0.5) is 0 Å². The zero-order valence-corrected chi connectivity index (χ0v) is 12.3. The highest BCUT2D eigenvalue weighted by atomic mass is 35.5. The van der Waals surface area contributed by atoms with Gasteiger partial charge in [-0.15, -0.1) is 0 Å². The lowest BCUT2D eigenvalue weighted by Gasteiger charge is -2.43. The number of aromatic nitrogens is 2. The molecule has 0 aromatic carbocycles. The van der Waals surface area contributed by atoms with E-state index in [0.29, 0.717) is 5.28 Å². The van der Waals surface area contributed by atoms with Gasteiger partial charge in [-0.1, -0.05) is 0 Å². The number of nitrogens with zero attached hydrogens (tertiary/aromatic N) is 4. The number of hydrogen-bond donors (Lipinski definition) is 1. The summed E-state index contributed by atoms with van der Waals surface area (Å²) in [6.45, 7) is 9.14. The van der Waals surface area contributed by atoms with Crippen molar-refractivity contribution in [3.05, 3.63) is 23.2 Å². The summed E-state index contributed by atoms with van der Waals surface area (Å²) in [6, 6.07) is 0. The summed E-state index contributed by atoms with van der Waals surface area (Å²) in [5, 5.41) is 9.68. The van der Waals surface area contributed by atoms with E-state index < -0.39 is 0 Å². The molecule has 1 aromatic heterocycles. The summed E-state index contributed by atoms with van der Waals surface area (Å²) in [5.74, 6) is 0. The number of aliphatic hydroxyl groups is 1. The highest BCUT2D eigenvalue weighted by molar-refractivity contribution is 6.28. The van der Waals surface area contributed by atoms with Crippen molar-refractivity contribution < 1.29 is 5.11 Å². The summed E-state index contributed by atoms with van der Waals surface area (Å²) in [7, 11) is 0. The smallest absolute Gasteiger partial charge is 0.222 e. The largest absolute Gasteiger partial charge is 0.394 e. The second-order valence-corrected chi connectivity index (χ2v) is 5.93. The molecule has 1 fully saturated rings. The van der Waals surface area contributed by atoms with E-state index in [2.05, 4.69) is 33.6 Å². The Labute approximate surface area is 119 Å². The highest BCUT2D eigenvalue weighted by Gasteiger charge is 2.29. The van der Waals surface area contributed by atoms with Crippen molar-refractivity contribution in [3.8, 4) is 0 Å². The van der Waals surface area contributed by atoms with E-state index in [1.807, 2.05) is 0 Å². The maximum Gasteiger partial charge on any atom is 0.222 e. The Hall–Kier alpha value is -0.750. The monoisotopic (exact) mass is 284 g/mol. The zero-order chi connectivity index (χ0) is 13.9. The second kappa shape index (κ2) is 6.13. The molecule has 1 aliphatic heterocycles. The molecule has 0 unspecified atom stereocenters. The van der Waals surface area contributed by atoms with E-state index in [-0.39, 0.29) is 12.1 Å². The first-order valence-electron chi connectivity index (χ1n) is 6.56. The summed E-state index contributed by atoms with van der Waals surface area (Å²) < 4.78 is 0. The van der Waals surface area contributed by atoms with Crippen molar-refractivity contribution in [2.24, 2.45) is 0 Å². The first-order valence-corrected chi connectivity index (χ1v) is 6.94. The Morgan fingerprint density at radius 3 is 2.32 bits per heavy atom. The molecule has 2 heterocycles. The molecule has 106 valence electrons. The zero-order valence-electron chi connectivity index (χ0n) is 11.5. The molecule has 0 aliphatic carbocycles. The minimum absolute atomic E-state index is 0.129. The molecule has 0 amide bonds. The van der Waals surface area contributed by atoms with E-state index in [1.165, 1.54) is 0 Å². The maximum atomic E-state index is 9.39. The van der Waals surface area contributed by atoms with Crippen LogP contribution in [0.25, 0.3) is 0 Å². The Balaban J connectivity index is 1.85. The van der Waals surface area contributed by atoms with Crippen molar-refractivity contribution in [1.29, 1.82) is 0 Å². The van der Waals surface area contributed by atoms with Gasteiger partial charge in [0.15, 0.2) is 0 Å². The normalized spacial score (nSPS) is 18.7. The molecule has 0 spiro atoms. The Morgan fingerprint density at radius 1 is 1.21 bits per heavy atom. The van der Waals surface area contributed by atoms with E-state index >= 15 is 0 Å². The lowest BCUT2D eigenvalue weighted by Crippen LogP contribution is -2.55. The molecule has 0 bridgehead atoms. The van der Waals surface area contributed by atoms with Gasteiger partial charge in [0.1, 0.15) is 0 Å². The summed E-state index contributed by atoms with van der Waals surface area (Å²) in [6.07, 6.45) is 3.55. The van der Waals surface area contributed by atoms with E-state index in [1.54, 1.807) is 12.4 Å². The van der Waals surface area contributed by atoms with E-state index in [0.717, 1.165) is 38.3 Å². The maximum absolute atomic E-state index is 9.39. The van der Waals surface area contributed by atoms with Crippen LogP contribution in [0.3, 0.4) is 0 Å². The molecular weight excluding hydrogens is 264 g/mol. The summed E-state index contributed by atoms with van der Waals surface area (Å²) in [5.41, 5.74) is 0.953. The van der Waals surface area contributed by atoms with Gasteiger partial charge >= 0.3 is 0 Å². The molecule has 1 N–H and O–H groups in total. The van der Waals surface area contributed by atoms with Crippen molar-refractivity contribution in [3.63, 3.8) is 0 Å². The molecule has 1 aliphatic rings. The standard InChI is InChI=1S/C13H21ClN4O/c1-13(2,10-19)18-5-3-17(4-6-18)9-11-7-15-12(14)16-8-11/h7-8,19H,3-6,9-10H2,1-2H3.